The molecule has 2 aromatic carbocycles. The van der Waals surface area contributed by atoms with E-state index in [1.54, 1.807) is 6.07 Å². The Morgan fingerprint density at radius 2 is 2.04 bits per heavy atom. The molecule has 6 heteroatoms. The van der Waals surface area contributed by atoms with Gasteiger partial charge in [-0.2, -0.15) is 5.10 Å². The number of aryl methyl sites for hydroxylation is 1. The number of furan rings is 1. The first-order chi connectivity index (χ1) is 11.6. The lowest BCUT2D eigenvalue weighted by Gasteiger charge is -2.01. The highest BCUT2D eigenvalue weighted by Gasteiger charge is 2.09. The predicted octanol–water partition coefficient (Wildman–Crippen LogP) is 4.81. The number of hydrazone groups is 1. The van der Waals surface area contributed by atoms with Crippen LogP contribution < -0.4 is 5.43 Å². The van der Waals surface area contributed by atoms with E-state index < -0.39 is 0 Å². The molecule has 0 aliphatic heterocycles. The minimum atomic E-state index is 0.676. The average Bonchev–Trinajstić information content (AvgIpc) is 3.14. The van der Waals surface area contributed by atoms with Crippen molar-refractivity contribution in [1.82, 2.24) is 9.55 Å². The quantitative estimate of drug-likeness (QED) is 0.431. The summed E-state index contributed by atoms with van der Waals surface area (Å²) in [4.78, 5) is 4.53. The lowest BCUT2D eigenvalue weighted by molar-refractivity contribution is 0.604. The summed E-state index contributed by atoms with van der Waals surface area (Å²) in [7, 11) is 1.95. The Hall–Kier alpha value is -2.79. The second kappa shape index (κ2) is 5.69. The fraction of sp³-hybridized carbons (Fsp3) is 0.111. The molecule has 0 spiro atoms. The monoisotopic (exact) mass is 338 g/mol. The molecular formula is C18H15ClN4O. The predicted molar refractivity (Wildman–Crippen MR) is 97.8 cm³/mol. The first-order valence-corrected chi connectivity index (χ1v) is 7.91. The van der Waals surface area contributed by atoms with Crippen molar-refractivity contribution in [2.45, 2.75) is 6.92 Å². The molecule has 0 atom stereocenters. The van der Waals surface area contributed by atoms with Crippen LogP contribution in [0.15, 0.2) is 58.0 Å². The number of halogens is 1. The molecule has 2 aromatic heterocycles. The summed E-state index contributed by atoms with van der Waals surface area (Å²) in [6.45, 7) is 1.88. The summed E-state index contributed by atoms with van der Waals surface area (Å²) < 4.78 is 7.77. The van der Waals surface area contributed by atoms with Gasteiger partial charge in [0.05, 0.1) is 11.0 Å². The largest absolute Gasteiger partial charge is 0.455 e. The molecule has 120 valence electrons. The van der Waals surface area contributed by atoms with Gasteiger partial charge in [-0.1, -0.05) is 23.7 Å². The molecule has 0 amide bonds. The molecule has 0 aliphatic rings. The molecule has 2 heterocycles. The van der Waals surface area contributed by atoms with Gasteiger partial charge in [-0.15, -0.1) is 0 Å². The molecular weight excluding hydrogens is 324 g/mol. The minimum absolute atomic E-state index is 0.676. The summed E-state index contributed by atoms with van der Waals surface area (Å²) in [6, 6.07) is 15.4. The number of fused-ring (bicyclic) bond motifs is 2. The fourth-order valence-electron chi connectivity index (χ4n) is 2.63. The van der Waals surface area contributed by atoms with Crippen molar-refractivity contribution in [2.24, 2.45) is 12.1 Å². The SMILES string of the molecule is C/C(=N\Nc1nc2ccccc2n1C)c1cc2cc(Cl)ccc2o1. The number of para-hydroxylation sites is 2. The van der Waals surface area contributed by atoms with E-state index >= 15 is 0 Å². The zero-order valence-corrected chi connectivity index (χ0v) is 14.0. The number of aromatic nitrogens is 2. The van der Waals surface area contributed by atoms with Crippen LogP contribution in [0.5, 0.6) is 0 Å². The molecule has 0 radical (unpaired) electrons. The van der Waals surface area contributed by atoms with Crippen LogP contribution in [0.1, 0.15) is 12.7 Å². The van der Waals surface area contributed by atoms with Crippen LogP contribution in [0.4, 0.5) is 5.95 Å². The topological polar surface area (TPSA) is 55.4 Å². The fourth-order valence-corrected chi connectivity index (χ4v) is 2.81. The third-order valence-corrected chi connectivity index (χ3v) is 4.18. The number of imidazole rings is 1. The van der Waals surface area contributed by atoms with Crippen LogP contribution in [0, 0.1) is 0 Å². The number of hydrogen-bond acceptors (Lipinski definition) is 4. The van der Waals surface area contributed by atoms with Gasteiger partial charge in [0.15, 0.2) is 5.76 Å². The Balaban J connectivity index is 1.65. The Bertz CT molecular complexity index is 1080. The first kappa shape index (κ1) is 14.8. The van der Waals surface area contributed by atoms with Crippen molar-refractivity contribution in [3.63, 3.8) is 0 Å². The summed E-state index contributed by atoms with van der Waals surface area (Å²) >= 11 is 6.01. The molecule has 0 bridgehead atoms. The van der Waals surface area contributed by atoms with E-state index in [9.17, 15) is 0 Å². The number of benzene rings is 2. The van der Waals surface area contributed by atoms with Crippen LogP contribution in [0.25, 0.3) is 22.0 Å². The summed E-state index contributed by atoms with van der Waals surface area (Å²) in [5, 5.41) is 6.03. The van der Waals surface area contributed by atoms with Gasteiger partial charge in [0, 0.05) is 17.5 Å². The van der Waals surface area contributed by atoms with E-state index in [0.29, 0.717) is 16.7 Å². The smallest absolute Gasteiger partial charge is 0.224 e. The maximum atomic E-state index is 6.01. The summed E-state index contributed by atoms with van der Waals surface area (Å²) in [5.74, 6) is 1.37. The normalized spacial score (nSPS) is 12.2. The van der Waals surface area contributed by atoms with Crippen LogP contribution >= 0.6 is 11.6 Å². The van der Waals surface area contributed by atoms with Crippen molar-refractivity contribution in [2.75, 3.05) is 5.43 Å². The molecule has 0 saturated heterocycles. The number of nitrogens with one attached hydrogen (secondary N) is 1. The maximum absolute atomic E-state index is 6.01. The van der Waals surface area contributed by atoms with E-state index in [-0.39, 0.29) is 0 Å². The van der Waals surface area contributed by atoms with E-state index in [4.69, 9.17) is 16.0 Å². The van der Waals surface area contributed by atoms with Gasteiger partial charge in [-0.3, -0.25) is 0 Å². The van der Waals surface area contributed by atoms with Crippen LogP contribution in [-0.2, 0) is 7.05 Å². The van der Waals surface area contributed by atoms with Gasteiger partial charge < -0.3 is 8.98 Å². The van der Waals surface area contributed by atoms with E-state index in [0.717, 1.165) is 27.7 Å². The standard InChI is InChI=1S/C18H15ClN4O/c1-11(17-10-12-9-13(19)7-8-16(12)24-17)21-22-18-20-14-5-3-4-6-15(14)23(18)2/h3-10H,1-2H3,(H,20,22)/b21-11+. The number of nitrogens with zero attached hydrogens (tertiary/aromatic N) is 3. The van der Waals surface area contributed by atoms with Crippen LogP contribution in [0.3, 0.4) is 0 Å². The Labute approximate surface area is 143 Å². The highest BCUT2D eigenvalue weighted by molar-refractivity contribution is 6.31. The Morgan fingerprint density at radius 3 is 2.88 bits per heavy atom. The number of rotatable bonds is 3. The van der Waals surface area contributed by atoms with Crippen molar-refractivity contribution < 1.29 is 4.42 Å². The first-order valence-electron chi connectivity index (χ1n) is 7.53. The number of hydrogen-bond donors (Lipinski definition) is 1. The molecule has 24 heavy (non-hydrogen) atoms. The highest BCUT2D eigenvalue weighted by Crippen LogP contribution is 2.23. The van der Waals surface area contributed by atoms with Crippen LogP contribution in [0.2, 0.25) is 5.02 Å². The third-order valence-electron chi connectivity index (χ3n) is 3.95. The molecule has 1 N–H and O–H groups in total. The third kappa shape index (κ3) is 2.53. The Morgan fingerprint density at radius 1 is 1.21 bits per heavy atom. The highest BCUT2D eigenvalue weighted by atomic mass is 35.5. The summed E-state index contributed by atoms with van der Waals surface area (Å²) in [5.41, 5.74) is 6.50. The molecule has 0 fully saturated rings. The van der Waals surface area contributed by atoms with Gasteiger partial charge in [-0.05, 0) is 43.3 Å². The molecule has 5 nitrogen and oxygen atoms in total. The molecule has 4 aromatic rings. The maximum Gasteiger partial charge on any atom is 0.224 e. The van der Waals surface area contributed by atoms with Gasteiger partial charge >= 0.3 is 0 Å². The second-order valence-electron chi connectivity index (χ2n) is 5.58. The van der Waals surface area contributed by atoms with Crippen molar-refractivity contribution in [3.05, 3.63) is 59.3 Å². The van der Waals surface area contributed by atoms with Gasteiger partial charge in [0.1, 0.15) is 11.3 Å². The minimum Gasteiger partial charge on any atom is -0.455 e. The van der Waals surface area contributed by atoms with E-state index in [1.165, 1.54) is 0 Å². The van der Waals surface area contributed by atoms with Crippen LogP contribution in [-0.4, -0.2) is 15.3 Å². The molecule has 0 unspecified atom stereocenters. The summed E-state index contributed by atoms with van der Waals surface area (Å²) in [6.07, 6.45) is 0. The van der Waals surface area contributed by atoms with Crippen molar-refractivity contribution >= 4 is 45.3 Å². The lowest BCUT2D eigenvalue weighted by Crippen LogP contribution is -2.02. The average molecular weight is 339 g/mol. The zero-order valence-electron chi connectivity index (χ0n) is 13.2. The second-order valence-corrected chi connectivity index (χ2v) is 6.02. The van der Waals surface area contributed by atoms with Gasteiger partial charge in [0.25, 0.3) is 0 Å². The lowest BCUT2D eigenvalue weighted by atomic mass is 10.2. The van der Waals surface area contributed by atoms with E-state index in [1.807, 2.05) is 61.0 Å². The van der Waals surface area contributed by atoms with Crippen molar-refractivity contribution in [1.29, 1.82) is 0 Å². The van der Waals surface area contributed by atoms with Gasteiger partial charge in [-0.25, -0.2) is 10.4 Å². The molecule has 4 rings (SSSR count). The molecule has 0 saturated carbocycles. The van der Waals surface area contributed by atoms with Crippen molar-refractivity contribution in [3.8, 4) is 0 Å². The zero-order chi connectivity index (χ0) is 16.7. The molecule has 0 aliphatic carbocycles. The van der Waals surface area contributed by atoms with Gasteiger partial charge in [0.2, 0.25) is 5.95 Å². The Kier molecular flexibility index (Phi) is 3.50. The van der Waals surface area contributed by atoms with E-state index in [2.05, 4.69) is 15.5 Å². The number of anilines is 1.